The van der Waals surface area contributed by atoms with E-state index < -0.39 is 0 Å². The van der Waals surface area contributed by atoms with E-state index in [1.165, 1.54) is 12.1 Å². The normalized spacial score (nSPS) is 11.5. The molecule has 0 amide bonds. The minimum atomic E-state index is -0.329. The molecule has 0 radical (unpaired) electrons. The number of carbonyl (C=O) groups excluding carboxylic acids is 1. The highest BCUT2D eigenvalue weighted by molar-refractivity contribution is 6.31. The summed E-state index contributed by atoms with van der Waals surface area (Å²) < 4.78 is 15.7. The summed E-state index contributed by atoms with van der Waals surface area (Å²) in [6, 6.07) is 20.7. The van der Waals surface area contributed by atoms with Gasteiger partial charge in [-0.15, -0.1) is 0 Å². The molecule has 2 heterocycles. The Morgan fingerprint density at radius 2 is 1.70 bits per heavy atom. The molecule has 3 aromatic carbocycles. The number of hydrogen-bond donors (Lipinski definition) is 0. The smallest absolute Gasteiger partial charge is 0.213 e. The van der Waals surface area contributed by atoms with Crippen molar-refractivity contribution in [2.75, 3.05) is 0 Å². The maximum Gasteiger partial charge on any atom is 0.213 e. The number of aromatic nitrogens is 2. The average Bonchev–Trinajstić information content (AvgIpc) is 3.06. The Kier molecular flexibility index (Phi) is 3.49. The van der Waals surface area contributed by atoms with Gasteiger partial charge < -0.3 is 4.40 Å². The standard InChI is InChI=1S/C22H12ClFN2O/c23-15-6-8-17-19(12-15)26-18-9-7-16(24)10-14(18)11-20(26)21(25-17)22(27)13-4-2-1-3-5-13/h1-12H. The van der Waals surface area contributed by atoms with Gasteiger partial charge in [0.2, 0.25) is 5.78 Å². The largest absolute Gasteiger partial charge is 0.305 e. The van der Waals surface area contributed by atoms with Crippen LogP contribution >= 0.6 is 11.6 Å². The van der Waals surface area contributed by atoms with Crippen molar-refractivity contribution < 1.29 is 9.18 Å². The number of benzene rings is 3. The van der Waals surface area contributed by atoms with E-state index in [1.54, 1.807) is 42.5 Å². The van der Waals surface area contributed by atoms with Crippen molar-refractivity contribution >= 4 is 44.8 Å². The SMILES string of the molecule is O=C(c1ccccc1)c1nc2ccc(Cl)cc2n2c1cc1cc(F)ccc12. The summed E-state index contributed by atoms with van der Waals surface area (Å²) in [5.74, 6) is -0.509. The van der Waals surface area contributed by atoms with Gasteiger partial charge in [0.1, 0.15) is 11.5 Å². The molecule has 0 saturated heterocycles. The quantitative estimate of drug-likeness (QED) is 0.373. The number of halogens is 2. The summed E-state index contributed by atoms with van der Waals surface area (Å²) in [4.78, 5) is 17.8. The van der Waals surface area contributed by atoms with Gasteiger partial charge in [0.05, 0.1) is 22.1 Å². The van der Waals surface area contributed by atoms with Crippen LogP contribution in [0.5, 0.6) is 0 Å². The first-order valence-corrected chi connectivity index (χ1v) is 8.79. The van der Waals surface area contributed by atoms with Crippen molar-refractivity contribution in [2.45, 2.75) is 0 Å². The van der Waals surface area contributed by atoms with Gasteiger partial charge in [0, 0.05) is 16.0 Å². The number of nitrogens with zero attached hydrogens (tertiary/aromatic N) is 2. The topological polar surface area (TPSA) is 34.4 Å². The molecule has 0 fully saturated rings. The van der Waals surface area contributed by atoms with Crippen molar-refractivity contribution in [3.63, 3.8) is 0 Å². The van der Waals surface area contributed by atoms with Crippen LogP contribution in [0, 0.1) is 5.82 Å². The lowest BCUT2D eigenvalue weighted by molar-refractivity contribution is 0.103. The summed E-state index contributed by atoms with van der Waals surface area (Å²) in [6.07, 6.45) is 0. The van der Waals surface area contributed by atoms with E-state index in [0.29, 0.717) is 32.7 Å². The highest BCUT2D eigenvalue weighted by Gasteiger charge is 2.19. The Balaban J connectivity index is 1.94. The number of carbonyl (C=O) groups is 1. The third-order valence-corrected chi connectivity index (χ3v) is 4.90. The van der Waals surface area contributed by atoms with Crippen molar-refractivity contribution in [3.05, 3.63) is 94.9 Å². The van der Waals surface area contributed by atoms with E-state index in [-0.39, 0.29) is 11.6 Å². The summed E-state index contributed by atoms with van der Waals surface area (Å²) in [6.45, 7) is 0. The third-order valence-electron chi connectivity index (χ3n) is 4.67. The second-order valence-electron chi connectivity index (χ2n) is 6.36. The molecule has 0 unspecified atom stereocenters. The van der Waals surface area contributed by atoms with Crippen molar-refractivity contribution in [2.24, 2.45) is 0 Å². The molecule has 0 saturated carbocycles. The van der Waals surface area contributed by atoms with E-state index in [0.717, 1.165) is 11.0 Å². The summed E-state index contributed by atoms with van der Waals surface area (Å²) in [5.41, 5.74) is 3.71. The Morgan fingerprint density at radius 3 is 2.52 bits per heavy atom. The molecule has 0 N–H and O–H groups in total. The van der Waals surface area contributed by atoms with Gasteiger partial charge in [-0.05, 0) is 42.5 Å². The zero-order valence-corrected chi connectivity index (χ0v) is 14.7. The molecular weight excluding hydrogens is 363 g/mol. The fourth-order valence-corrected chi connectivity index (χ4v) is 3.63. The lowest BCUT2D eigenvalue weighted by Gasteiger charge is -2.09. The molecule has 0 spiro atoms. The highest BCUT2D eigenvalue weighted by atomic mass is 35.5. The van der Waals surface area contributed by atoms with E-state index in [1.807, 2.05) is 22.6 Å². The van der Waals surface area contributed by atoms with Gasteiger partial charge in [0.15, 0.2) is 0 Å². The molecule has 130 valence electrons. The second-order valence-corrected chi connectivity index (χ2v) is 6.79. The van der Waals surface area contributed by atoms with Crippen molar-refractivity contribution in [1.29, 1.82) is 0 Å². The predicted octanol–water partition coefficient (Wildman–Crippen LogP) is 5.66. The van der Waals surface area contributed by atoms with Crippen molar-refractivity contribution in [1.82, 2.24) is 9.38 Å². The van der Waals surface area contributed by atoms with Gasteiger partial charge >= 0.3 is 0 Å². The maximum atomic E-state index is 13.8. The van der Waals surface area contributed by atoms with Crippen LogP contribution in [0.25, 0.3) is 27.5 Å². The summed E-state index contributed by atoms with van der Waals surface area (Å²) in [5, 5.41) is 1.27. The first-order chi connectivity index (χ1) is 13.1. The molecule has 3 nitrogen and oxygen atoms in total. The second kappa shape index (κ2) is 5.89. The molecule has 27 heavy (non-hydrogen) atoms. The minimum absolute atomic E-state index is 0.180. The number of fused-ring (bicyclic) bond motifs is 5. The van der Waals surface area contributed by atoms with Gasteiger partial charge in [0.25, 0.3) is 0 Å². The van der Waals surface area contributed by atoms with Crippen LogP contribution < -0.4 is 0 Å². The zero-order chi connectivity index (χ0) is 18.5. The van der Waals surface area contributed by atoms with Crippen LogP contribution in [-0.2, 0) is 0 Å². The molecule has 5 heteroatoms. The monoisotopic (exact) mass is 374 g/mol. The van der Waals surface area contributed by atoms with E-state index in [2.05, 4.69) is 4.98 Å². The maximum absolute atomic E-state index is 13.8. The molecule has 2 aromatic heterocycles. The van der Waals surface area contributed by atoms with Gasteiger partial charge in [-0.3, -0.25) is 4.79 Å². The number of ketones is 1. The first kappa shape index (κ1) is 16.0. The minimum Gasteiger partial charge on any atom is -0.305 e. The molecule has 5 aromatic rings. The lowest BCUT2D eigenvalue weighted by Crippen LogP contribution is -2.07. The van der Waals surface area contributed by atoms with E-state index in [9.17, 15) is 9.18 Å². The Labute approximate surface area is 158 Å². The highest BCUT2D eigenvalue weighted by Crippen LogP contribution is 2.30. The molecule has 0 aliphatic carbocycles. The number of rotatable bonds is 2. The Bertz CT molecular complexity index is 1360. The predicted molar refractivity (Wildman–Crippen MR) is 105 cm³/mol. The van der Waals surface area contributed by atoms with Gasteiger partial charge in [-0.1, -0.05) is 41.9 Å². The molecule has 5 rings (SSSR count). The Morgan fingerprint density at radius 1 is 0.889 bits per heavy atom. The van der Waals surface area contributed by atoms with Crippen LogP contribution in [0.2, 0.25) is 5.02 Å². The van der Waals surface area contributed by atoms with E-state index >= 15 is 0 Å². The van der Waals surface area contributed by atoms with Crippen molar-refractivity contribution in [3.8, 4) is 0 Å². The summed E-state index contributed by atoms with van der Waals surface area (Å²) >= 11 is 6.19. The van der Waals surface area contributed by atoms with Crippen LogP contribution in [-0.4, -0.2) is 15.2 Å². The average molecular weight is 375 g/mol. The van der Waals surface area contributed by atoms with Gasteiger partial charge in [-0.25, -0.2) is 9.37 Å². The molecule has 0 aliphatic heterocycles. The van der Waals surface area contributed by atoms with Crippen LogP contribution in [0.3, 0.4) is 0 Å². The lowest BCUT2D eigenvalue weighted by atomic mass is 10.1. The molecular formula is C22H12ClFN2O. The molecule has 0 bridgehead atoms. The zero-order valence-electron chi connectivity index (χ0n) is 14.0. The van der Waals surface area contributed by atoms with Crippen LogP contribution in [0.4, 0.5) is 4.39 Å². The summed E-state index contributed by atoms with van der Waals surface area (Å²) in [7, 11) is 0. The Hall–Kier alpha value is -3.24. The fraction of sp³-hybridized carbons (Fsp3) is 0. The third kappa shape index (κ3) is 2.49. The van der Waals surface area contributed by atoms with Crippen LogP contribution in [0.15, 0.2) is 72.8 Å². The van der Waals surface area contributed by atoms with E-state index in [4.69, 9.17) is 11.6 Å². The van der Waals surface area contributed by atoms with Gasteiger partial charge in [-0.2, -0.15) is 0 Å². The fourth-order valence-electron chi connectivity index (χ4n) is 3.46. The molecule has 0 aliphatic rings. The number of hydrogen-bond acceptors (Lipinski definition) is 2. The molecule has 0 atom stereocenters. The van der Waals surface area contributed by atoms with Crippen LogP contribution in [0.1, 0.15) is 16.1 Å². The first-order valence-electron chi connectivity index (χ1n) is 8.41.